The van der Waals surface area contributed by atoms with Crippen molar-refractivity contribution in [1.29, 1.82) is 0 Å². The first kappa shape index (κ1) is 13.7. The average Bonchev–Trinajstić information content (AvgIpc) is 2.12. The molecule has 1 saturated carbocycles. The van der Waals surface area contributed by atoms with Crippen LogP contribution in [0.2, 0.25) is 0 Å². The maximum atomic E-state index is 9.87. The van der Waals surface area contributed by atoms with Gasteiger partial charge in [0, 0.05) is 0 Å². The summed E-state index contributed by atoms with van der Waals surface area (Å²) in [6, 6.07) is 0. The van der Waals surface area contributed by atoms with Gasteiger partial charge < -0.3 is 15.3 Å². The van der Waals surface area contributed by atoms with Gasteiger partial charge in [-0.15, -0.1) is 0 Å². The molecule has 3 N–H and O–H groups in total. The van der Waals surface area contributed by atoms with Gasteiger partial charge in [-0.25, -0.2) is 0 Å². The maximum absolute atomic E-state index is 9.87. The Morgan fingerprint density at radius 2 is 1.88 bits per heavy atom. The van der Waals surface area contributed by atoms with Gasteiger partial charge in [0.2, 0.25) is 0 Å². The highest BCUT2D eigenvalue weighted by molar-refractivity contribution is 5.05. The molecule has 3 heteroatoms. The third-order valence-electron chi connectivity index (χ3n) is 3.73. The van der Waals surface area contributed by atoms with Crippen molar-refractivity contribution in [3.8, 4) is 0 Å². The third-order valence-corrected chi connectivity index (χ3v) is 3.73. The minimum atomic E-state index is -0.670. The van der Waals surface area contributed by atoms with E-state index in [-0.39, 0.29) is 17.3 Å². The van der Waals surface area contributed by atoms with Gasteiger partial charge in [0.15, 0.2) is 0 Å². The fraction of sp³-hybridized carbons (Fsp3) is 0.846. The molecular formula is C13H24O3. The second-order valence-corrected chi connectivity index (χ2v) is 5.76. The van der Waals surface area contributed by atoms with Crippen LogP contribution in [0.25, 0.3) is 0 Å². The van der Waals surface area contributed by atoms with Crippen LogP contribution in [0.4, 0.5) is 0 Å². The summed E-state index contributed by atoms with van der Waals surface area (Å²) in [5.74, 6) is 0.189. The van der Waals surface area contributed by atoms with Gasteiger partial charge in [-0.1, -0.05) is 32.9 Å². The van der Waals surface area contributed by atoms with E-state index in [1.165, 1.54) is 0 Å². The Bertz CT molecular complexity index is 258. The van der Waals surface area contributed by atoms with E-state index in [0.717, 1.165) is 0 Å². The predicted octanol–water partition coefficient (Wildman–Crippen LogP) is 1.33. The second-order valence-electron chi connectivity index (χ2n) is 5.76. The number of rotatable bonds is 2. The monoisotopic (exact) mass is 228 g/mol. The topological polar surface area (TPSA) is 60.7 Å². The lowest BCUT2D eigenvalue weighted by Gasteiger charge is -2.46. The second kappa shape index (κ2) is 4.86. The Kier molecular flexibility index (Phi) is 4.16. The molecule has 16 heavy (non-hydrogen) atoms. The molecule has 0 spiro atoms. The van der Waals surface area contributed by atoms with Gasteiger partial charge in [-0.3, -0.25) is 0 Å². The molecule has 0 aromatic heterocycles. The average molecular weight is 228 g/mol. The van der Waals surface area contributed by atoms with E-state index < -0.39 is 18.3 Å². The first-order valence-electron chi connectivity index (χ1n) is 5.98. The van der Waals surface area contributed by atoms with Crippen LogP contribution in [0.15, 0.2) is 12.2 Å². The first-order chi connectivity index (χ1) is 7.25. The van der Waals surface area contributed by atoms with E-state index in [0.29, 0.717) is 6.42 Å². The van der Waals surface area contributed by atoms with E-state index in [9.17, 15) is 15.3 Å². The molecule has 0 heterocycles. The molecule has 0 radical (unpaired) electrons. The van der Waals surface area contributed by atoms with Crippen LogP contribution in [0.3, 0.4) is 0 Å². The van der Waals surface area contributed by atoms with Crippen LogP contribution in [0.5, 0.6) is 0 Å². The molecule has 3 nitrogen and oxygen atoms in total. The molecule has 0 aromatic carbocycles. The van der Waals surface area contributed by atoms with Crippen LogP contribution in [0.1, 0.15) is 34.1 Å². The molecule has 1 fully saturated rings. The molecule has 1 aliphatic rings. The van der Waals surface area contributed by atoms with Crippen molar-refractivity contribution in [1.82, 2.24) is 0 Å². The molecular weight excluding hydrogens is 204 g/mol. The minimum Gasteiger partial charge on any atom is -0.390 e. The molecule has 94 valence electrons. The van der Waals surface area contributed by atoms with Crippen molar-refractivity contribution in [2.45, 2.75) is 52.4 Å². The van der Waals surface area contributed by atoms with Crippen LogP contribution >= 0.6 is 0 Å². The zero-order valence-corrected chi connectivity index (χ0v) is 10.6. The predicted molar refractivity (Wildman–Crippen MR) is 63.9 cm³/mol. The molecule has 0 aliphatic heterocycles. The fourth-order valence-corrected chi connectivity index (χ4v) is 2.79. The summed E-state index contributed by atoms with van der Waals surface area (Å²) < 4.78 is 0. The Labute approximate surface area is 97.8 Å². The largest absolute Gasteiger partial charge is 0.390 e. The van der Waals surface area contributed by atoms with E-state index in [2.05, 4.69) is 13.8 Å². The quantitative estimate of drug-likeness (QED) is 0.625. The number of hydrogen-bond acceptors (Lipinski definition) is 3. The van der Waals surface area contributed by atoms with Crippen LogP contribution < -0.4 is 0 Å². The van der Waals surface area contributed by atoms with Crippen molar-refractivity contribution < 1.29 is 15.3 Å². The van der Waals surface area contributed by atoms with Gasteiger partial charge in [0.1, 0.15) is 0 Å². The lowest BCUT2D eigenvalue weighted by atomic mass is 9.62. The first-order valence-corrected chi connectivity index (χ1v) is 5.98. The minimum absolute atomic E-state index is 0.00810. The normalized spacial score (nSPS) is 41.2. The molecule has 0 amide bonds. The summed E-state index contributed by atoms with van der Waals surface area (Å²) in [6.45, 7) is 7.85. The van der Waals surface area contributed by atoms with E-state index in [1.54, 1.807) is 13.0 Å². The van der Waals surface area contributed by atoms with Crippen LogP contribution in [-0.2, 0) is 0 Å². The Morgan fingerprint density at radius 1 is 1.31 bits per heavy atom. The molecule has 1 rings (SSSR count). The molecule has 5 atom stereocenters. The molecule has 0 bridgehead atoms. The summed E-state index contributed by atoms with van der Waals surface area (Å²) in [7, 11) is 0. The van der Waals surface area contributed by atoms with Crippen molar-refractivity contribution in [3.63, 3.8) is 0 Å². The number of allylic oxidation sites excluding steroid dienone is 1. The Balaban J connectivity index is 2.87. The van der Waals surface area contributed by atoms with Gasteiger partial charge >= 0.3 is 0 Å². The molecule has 1 aliphatic carbocycles. The SMILES string of the molecule is C[C@@H]1[C@H](O)[C@@H](O)CC(C)(C)[C@H]1/C=C/[C@@H](C)O. The van der Waals surface area contributed by atoms with Crippen LogP contribution in [-0.4, -0.2) is 33.6 Å². The lowest BCUT2D eigenvalue weighted by Crippen LogP contribution is -2.48. The van der Waals surface area contributed by atoms with E-state index in [4.69, 9.17) is 0 Å². The highest BCUT2D eigenvalue weighted by Gasteiger charge is 2.44. The molecule has 0 unspecified atom stereocenters. The van der Waals surface area contributed by atoms with E-state index >= 15 is 0 Å². The Morgan fingerprint density at radius 3 is 2.38 bits per heavy atom. The lowest BCUT2D eigenvalue weighted by molar-refractivity contribution is -0.0970. The Hall–Kier alpha value is -0.380. The van der Waals surface area contributed by atoms with E-state index in [1.807, 2.05) is 13.0 Å². The number of aliphatic hydroxyl groups excluding tert-OH is 3. The fourth-order valence-electron chi connectivity index (χ4n) is 2.79. The van der Waals surface area contributed by atoms with Crippen molar-refractivity contribution in [2.75, 3.05) is 0 Å². The summed E-state index contributed by atoms with van der Waals surface area (Å²) in [6.07, 6.45) is 2.55. The van der Waals surface area contributed by atoms with Gasteiger partial charge in [-0.2, -0.15) is 0 Å². The van der Waals surface area contributed by atoms with Crippen molar-refractivity contribution in [2.24, 2.45) is 17.3 Å². The number of hydrogen-bond donors (Lipinski definition) is 3. The third kappa shape index (κ3) is 2.84. The zero-order valence-electron chi connectivity index (χ0n) is 10.6. The summed E-state index contributed by atoms with van der Waals surface area (Å²) >= 11 is 0. The highest BCUT2D eigenvalue weighted by Crippen LogP contribution is 2.44. The van der Waals surface area contributed by atoms with Gasteiger partial charge in [-0.05, 0) is 30.6 Å². The van der Waals surface area contributed by atoms with Crippen molar-refractivity contribution in [3.05, 3.63) is 12.2 Å². The number of aliphatic hydroxyl groups is 3. The molecule has 0 aromatic rings. The molecule has 0 saturated heterocycles. The maximum Gasteiger partial charge on any atom is 0.0830 e. The highest BCUT2D eigenvalue weighted by atomic mass is 16.3. The summed E-state index contributed by atoms with van der Waals surface area (Å²) in [5.41, 5.74) is -0.0521. The summed E-state index contributed by atoms with van der Waals surface area (Å²) in [4.78, 5) is 0. The zero-order chi connectivity index (χ0) is 12.5. The van der Waals surface area contributed by atoms with Gasteiger partial charge in [0.25, 0.3) is 0 Å². The van der Waals surface area contributed by atoms with Gasteiger partial charge in [0.05, 0.1) is 18.3 Å². The van der Waals surface area contributed by atoms with Crippen molar-refractivity contribution >= 4 is 0 Å². The standard InChI is InChI=1S/C13H24O3/c1-8(14)5-6-10-9(2)12(16)11(15)7-13(10,3)4/h5-6,8-12,14-16H,7H2,1-4H3/b6-5+/t8-,9+,10+,11+,12+/m1/s1. The van der Waals surface area contributed by atoms with Crippen LogP contribution in [0, 0.1) is 17.3 Å². The summed E-state index contributed by atoms with van der Waals surface area (Å²) in [5, 5.41) is 28.9. The smallest absolute Gasteiger partial charge is 0.0830 e.